The van der Waals surface area contributed by atoms with Gasteiger partial charge in [0, 0.05) is 37.6 Å². The van der Waals surface area contributed by atoms with Gasteiger partial charge in [-0.1, -0.05) is 6.07 Å². The highest BCUT2D eigenvalue weighted by molar-refractivity contribution is 5.77. The first-order valence-corrected chi connectivity index (χ1v) is 8.97. The third kappa shape index (κ3) is 4.56. The van der Waals surface area contributed by atoms with Crippen LogP contribution >= 0.6 is 0 Å². The van der Waals surface area contributed by atoms with E-state index in [1.165, 1.54) is 16.4 Å². The minimum Gasteiger partial charge on any atom is -0.467 e. The molecule has 9 nitrogen and oxygen atoms in total. The van der Waals surface area contributed by atoms with Crippen molar-refractivity contribution >= 4 is 11.6 Å². The van der Waals surface area contributed by atoms with E-state index < -0.39 is 0 Å². The molecular weight excluding hydrogens is 346 g/mol. The summed E-state index contributed by atoms with van der Waals surface area (Å²) in [4.78, 5) is 18.7. The molecule has 1 aliphatic heterocycles. The topological polar surface area (TPSA) is 97.5 Å². The van der Waals surface area contributed by atoms with Crippen LogP contribution in [0.15, 0.2) is 43.0 Å². The molecule has 0 radical (unpaired) electrons. The maximum Gasteiger partial charge on any atom is 0.258 e. The molecule has 0 spiro atoms. The van der Waals surface area contributed by atoms with E-state index in [0.29, 0.717) is 11.5 Å². The van der Waals surface area contributed by atoms with Crippen LogP contribution in [-0.2, 0) is 11.3 Å². The number of hydrogen-bond acceptors (Lipinski definition) is 7. The van der Waals surface area contributed by atoms with Crippen molar-refractivity contribution in [1.82, 2.24) is 35.0 Å². The molecule has 1 fully saturated rings. The molecule has 0 aromatic carbocycles. The van der Waals surface area contributed by atoms with E-state index in [2.05, 4.69) is 36.6 Å². The SMILES string of the molecule is O=C(COc1ccc2nncn2n1)N[C@H]1CCCN(Cc2cccnc2)C1. The number of nitrogens with one attached hydrogen (secondary N) is 1. The predicted molar refractivity (Wildman–Crippen MR) is 97.0 cm³/mol. The minimum absolute atomic E-state index is 0.0697. The average molecular weight is 367 g/mol. The van der Waals surface area contributed by atoms with E-state index in [9.17, 15) is 4.79 Å². The second-order valence-corrected chi connectivity index (χ2v) is 6.60. The van der Waals surface area contributed by atoms with Gasteiger partial charge in [-0.3, -0.25) is 14.7 Å². The van der Waals surface area contributed by atoms with Crippen LogP contribution in [0.5, 0.6) is 5.88 Å². The van der Waals surface area contributed by atoms with Gasteiger partial charge < -0.3 is 10.1 Å². The molecule has 1 aliphatic rings. The first-order chi connectivity index (χ1) is 13.3. The van der Waals surface area contributed by atoms with Gasteiger partial charge in [0.25, 0.3) is 5.91 Å². The van der Waals surface area contributed by atoms with Crippen LogP contribution in [-0.4, -0.2) is 61.3 Å². The van der Waals surface area contributed by atoms with Crippen molar-refractivity contribution in [2.45, 2.75) is 25.4 Å². The molecule has 9 heteroatoms. The van der Waals surface area contributed by atoms with Gasteiger partial charge in [-0.2, -0.15) is 4.52 Å². The quantitative estimate of drug-likeness (QED) is 0.684. The fraction of sp³-hybridized carbons (Fsp3) is 0.389. The van der Waals surface area contributed by atoms with E-state index in [1.54, 1.807) is 18.3 Å². The lowest BCUT2D eigenvalue weighted by atomic mass is 10.1. The van der Waals surface area contributed by atoms with Gasteiger partial charge in [-0.05, 0) is 37.1 Å². The van der Waals surface area contributed by atoms with Crippen LogP contribution in [0.1, 0.15) is 18.4 Å². The molecule has 4 heterocycles. The molecule has 1 saturated heterocycles. The molecule has 1 amide bonds. The Balaban J connectivity index is 1.26. The third-order valence-electron chi connectivity index (χ3n) is 4.49. The van der Waals surface area contributed by atoms with Crippen molar-refractivity contribution in [3.8, 4) is 5.88 Å². The molecule has 3 aromatic heterocycles. The largest absolute Gasteiger partial charge is 0.467 e. The number of amides is 1. The molecule has 27 heavy (non-hydrogen) atoms. The van der Waals surface area contributed by atoms with E-state index in [-0.39, 0.29) is 18.6 Å². The van der Waals surface area contributed by atoms with Crippen molar-refractivity contribution in [2.24, 2.45) is 0 Å². The van der Waals surface area contributed by atoms with Gasteiger partial charge in [0.05, 0.1) is 0 Å². The van der Waals surface area contributed by atoms with Crippen LogP contribution in [0.25, 0.3) is 5.65 Å². The Kier molecular flexibility index (Phi) is 5.20. The first kappa shape index (κ1) is 17.3. The van der Waals surface area contributed by atoms with Crippen molar-refractivity contribution in [2.75, 3.05) is 19.7 Å². The van der Waals surface area contributed by atoms with Crippen molar-refractivity contribution in [1.29, 1.82) is 0 Å². The van der Waals surface area contributed by atoms with Crippen LogP contribution in [0.3, 0.4) is 0 Å². The maximum absolute atomic E-state index is 12.2. The molecule has 0 bridgehead atoms. The van der Waals surface area contributed by atoms with E-state index in [4.69, 9.17) is 4.74 Å². The number of aromatic nitrogens is 5. The van der Waals surface area contributed by atoms with Gasteiger partial charge >= 0.3 is 0 Å². The number of hydrogen-bond donors (Lipinski definition) is 1. The summed E-state index contributed by atoms with van der Waals surface area (Å²) in [6.07, 6.45) is 7.17. The molecular formula is C18H21N7O2. The number of nitrogens with zero attached hydrogens (tertiary/aromatic N) is 6. The van der Waals surface area contributed by atoms with Gasteiger partial charge in [0.15, 0.2) is 12.3 Å². The van der Waals surface area contributed by atoms with Crippen LogP contribution < -0.4 is 10.1 Å². The van der Waals surface area contributed by atoms with E-state index in [1.807, 2.05) is 12.3 Å². The minimum atomic E-state index is -0.145. The number of likely N-dealkylation sites (tertiary alicyclic amines) is 1. The molecule has 3 aromatic rings. The molecule has 1 N–H and O–H groups in total. The smallest absolute Gasteiger partial charge is 0.258 e. The van der Waals surface area contributed by atoms with Crippen molar-refractivity contribution in [3.05, 3.63) is 48.5 Å². The summed E-state index contributed by atoms with van der Waals surface area (Å²) in [6.45, 7) is 2.63. The summed E-state index contributed by atoms with van der Waals surface area (Å²) in [5.41, 5.74) is 1.81. The molecule has 1 atom stereocenters. The fourth-order valence-corrected chi connectivity index (χ4v) is 3.26. The zero-order valence-electron chi connectivity index (χ0n) is 14.9. The summed E-state index contributed by atoms with van der Waals surface area (Å²) in [5, 5.41) is 14.9. The van der Waals surface area contributed by atoms with Crippen LogP contribution in [0, 0.1) is 0 Å². The Morgan fingerprint density at radius 3 is 3.19 bits per heavy atom. The zero-order chi connectivity index (χ0) is 18.5. The monoisotopic (exact) mass is 367 g/mol. The van der Waals surface area contributed by atoms with Crippen molar-refractivity contribution in [3.63, 3.8) is 0 Å². The van der Waals surface area contributed by atoms with E-state index in [0.717, 1.165) is 32.5 Å². The number of ether oxygens (including phenoxy) is 1. The number of piperidine rings is 1. The second-order valence-electron chi connectivity index (χ2n) is 6.60. The Labute approximate surface area is 156 Å². The molecule has 4 rings (SSSR count). The number of carbonyl (C=O) groups excluding carboxylic acids is 1. The summed E-state index contributed by atoms with van der Waals surface area (Å²) in [7, 11) is 0. The Hall–Kier alpha value is -3.07. The van der Waals surface area contributed by atoms with Crippen LogP contribution in [0.4, 0.5) is 0 Å². The number of fused-ring (bicyclic) bond motifs is 1. The molecule has 0 unspecified atom stereocenters. The zero-order valence-corrected chi connectivity index (χ0v) is 14.9. The number of rotatable bonds is 6. The lowest BCUT2D eigenvalue weighted by Crippen LogP contribution is -2.48. The van der Waals surface area contributed by atoms with Gasteiger partial charge in [-0.15, -0.1) is 15.3 Å². The summed E-state index contributed by atoms with van der Waals surface area (Å²) in [6, 6.07) is 7.56. The normalized spacial score (nSPS) is 17.7. The predicted octanol–water partition coefficient (Wildman–Crippen LogP) is 0.679. The third-order valence-corrected chi connectivity index (χ3v) is 4.49. The lowest BCUT2D eigenvalue weighted by Gasteiger charge is -2.33. The number of pyridine rings is 1. The highest BCUT2D eigenvalue weighted by Gasteiger charge is 2.21. The summed E-state index contributed by atoms with van der Waals surface area (Å²) < 4.78 is 6.99. The van der Waals surface area contributed by atoms with E-state index >= 15 is 0 Å². The highest BCUT2D eigenvalue weighted by Crippen LogP contribution is 2.13. The molecule has 0 saturated carbocycles. The molecule has 0 aliphatic carbocycles. The highest BCUT2D eigenvalue weighted by atomic mass is 16.5. The Morgan fingerprint density at radius 2 is 2.30 bits per heavy atom. The summed E-state index contributed by atoms with van der Waals surface area (Å²) >= 11 is 0. The number of carbonyl (C=O) groups is 1. The standard InChI is InChI=1S/C18H21N7O2/c26-17(12-27-18-6-5-16-22-20-13-25(16)23-18)21-15-4-2-8-24(11-15)10-14-3-1-7-19-9-14/h1,3,5-7,9,13,15H,2,4,8,10-12H2,(H,21,26)/t15-/m0/s1. The van der Waals surface area contributed by atoms with Crippen LogP contribution in [0.2, 0.25) is 0 Å². The Bertz CT molecular complexity index is 899. The van der Waals surface area contributed by atoms with Gasteiger partial charge in [0.1, 0.15) is 6.33 Å². The second kappa shape index (κ2) is 8.09. The average Bonchev–Trinajstić information content (AvgIpc) is 3.15. The fourth-order valence-electron chi connectivity index (χ4n) is 3.26. The van der Waals surface area contributed by atoms with Gasteiger partial charge in [-0.25, -0.2) is 0 Å². The lowest BCUT2D eigenvalue weighted by molar-refractivity contribution is -0.124. The van der Waals surface area contributed by atoms with Gasteiger partial charge in [0.2, 0.25) is 5.88 Å². The molecule has 140 valence electrons. The first-order valence-electron chi connectivity index (χ1n) is 8.97. The van der Waals surface area contributed by atoms with Crippen molar-refractivity contribution < 1.29 is 9.53 Å². The Morgan fingerprint density at radius 1 is 1.33 bits per heavy atom. The maximum atomic E-state index is 12.2. The summed E-state index contributed by atoms with van der Waals surface area (Å²) in [5.74, 6) is 0.216.